The Labute approximate surface area is 281 Å². The predicted octanol–water partition coefficient (Wildman–Crippen LogP) is 5.35. The zero-order chi connectivity index (χ0) is 31.6. The van der Waals surface area contributed by atoms with E-state index in [4.69, 9.17) is 23.2 Å². The van der Waals surface area contributed by atoms with E-state index >= 15 is 0 Å². The van der Waals surface area contributed by atoms with Gasteiger partial charge in [-0.05, 0) is 77.7 Å². The molecular weight excluding hydrogens is 735 g/mol. The number of hydrogen-bond donors (Lipinski definition) is 2. The zero-order valence-electron chi connectivity index (χ0n) is 24.1. The normalized spacial score (nSPS) is 22.0. The molecule has 1 aromatic heterocycles. The lowest BCUT2D eigenvalue weighted by Crippen LogP contribution is -2.56. The number of nitrogens with zero attached hydrogens (tertiary/aromatic N) is 3. The Kier molecular flexibility index (Phi) is 11.3. The van der Waals surface area contributed by atoms with E-state index in [9.17, 15) is 26.7 Å². The third kappa shape index (κ3) is 7.60. The Morgan fingerprint density at radius 2 is 1.59 bits per heavy atom. The fourth-order valence-electron chi connectivity index (χ4n) is 6.40. The van der Waals surface area contributed by atoms with Crippen molar-refractivity contribution in [1.82, 2.24) is 13.9 Å². The molecule has 0 radical (unpaired) electrons. The Morgan fingerprint density at radius 1 is 0.955 bits per heavy atom. The van der Waals surface area contributed by atoms with Gasteiger partial charge in [-0.15, -0.1) is 11.3 Å². The van der Waals surface area contributed by atoms with Crippen LogP contribution < -0.4 is 10.2 Å². The van der Waals surface area contributed by atoms with Crippen LogP contribution in [0.3, 0.4) is 0 Å². The minimum atomic E-state index is -4.01. The summed E-state index contributed by atoms with van der Waals surface area (Å²) in [5.74, 6) is -0.0506. The van der Waals surface area contributed by atoms with Gasteiger partial charge in [0, 0.05) is 50.3 Å². The molecule has 3 aliphatic rings. The third-order valence-corrected chi connectivity index (χ3v) is 16.0. The van der Waals surface area contributed by atoms with Crippen molar-refractivity contribution in [2.75, 3.05) is 50.7 Å². The highest BCUT2D eigenvalue weighted by Crippen LogP contribution is 2.38. The number of piperidine rings is 2. The monoisotopic (exact) mass is 770 g/mol. The summed E-state index contributed by atoms with van der Waals surface area (Å²) in [6.45, 7) is 3.25. The lowest BCUT2D eigenvalue weighted by atomic mass is 9.87. The quantitative estimate of drug-likeness (QED) is 0.331. The minimum absolute atomic E-state index is 0.00158. The molecule has 4 heterocycles. The molecule has 0 spiro atoms. The van der Waals surface area contributed by atoms with Crippen molar-refractivity contribution < 1.29 is 26.7 Å². The highest BCUT2D eigenvalue weighted by Gasteiger charge is 2.38. The van der Waals surface area contributed by atoms with Gasteiger partial charge in [0.05, 0.1) is 15.6 Å². The SMILES string of the molecule is O=C(O)C1CNCCN1S(=O)(=O)c1ccc(N2CCC(CCCC3CCN(S(=O)(=O)c4cc(Br)c(Cl)s4)CC3)CC2)c(Cl)c1. The van der Waals surface area contributed by atoms with Crippen molar-refractivity contribution in [2.45, 2.75) is 60.1 Å². The topological polar surface area (TPSA) is 127 Å². The molecule has 3 aliphatic heterocycles. The molecule has 16 heteroatoms. The second kappa shape index (κ2) is 14.4. The summed E-state index contributed by atoms with van der Waals surface area (Å²) < 4.78 is 56.4. The highest BCUT2D eigenvalue weighted by molar-refractivity contribution is 9.10. The number of aliphatic carboxylic acids is 1. The van der Waals surface area contributed by atoms with Gasteiger partial charge in [0.1, 0.15) is 14.6 Å². The number of halogens is 3. The number of sulfonamides is 2. The van der Waals surface area contributed by atoms with Crippen molar-refractivity contribution in [3.63, 3.8) is 0 Å². The average Bonchev–Trinajstić information content (AvgIpc) is 3.36. The Morgan fingerprint density at radius 3 is 2.16 bits per heavy atom. The molecular formula is C28H37BrCl2N4O6S3. The van der Waals surface area contributed by atoms with Crippen LogP contribution in [0, 0.1) is 11.8 Å². The zero-order valence-corrected chi connectivity index (χ0v) is 29.7. The van der Waals surface area contributed by atoms with Gasteiger partial charge in [-0.25, -0.2) is 16.8 Å². The van der Waals surface area contributed by atoms with Crippen molar-refractivity contribution in [3.05, 3.63) is 38.1 Å². The molecule has 44 heavy (non-hydrogen) atoms. The number of thiophene rings is 1. The summed E-state index contributed by atoms with van der Waals surface area (Å²) in [7, 11) is -7.52. The van der Waals surface area contributed by atoms with Gasteiger partial charge in [-0.1, -0.05) is 42.5 Å². The number of carboxylic acid groups (broad SMARTS) is 1. The van der Waals surface area contributed by atoms with E-state index in [1.807, 2.05) is 0 Å². The maximum absolute atomic E-state index is 13.3. The van der Waals surface area contributed by atoms with Gasteiger partial charge in [0.25, 0.3) is 10.0 Å². The maximum atomic E-state index is 13.3. The first-order valence-electron chi connectivity index (χ1n) is 14.8. The number of hydrogen-bond acceptors (Lipinski definition) is 8. The molecule has 0 bridgehead atoms. The van der Waals surface area contributed by atoms with Gasteiger partial charge in [-0.2, -0.15) is 8.61 Å². The summed E-state index contributed by atoms with van der Waals surface area (Å²) in [5.41, 5.74) is 0.790. The largest absolute Gasteiger partial charge is 0.480 e. The van der Waals surface area contributed by atoms with Gasteiger partial charge in [0.15, 0.2) is 0 Å². The molecule has 2 aromatic rings. The predicted molar refractivity (Wildman–Crippen MR) is 177 cm³/mol. The van der Waals surface area contributed by atoms with E-state index in [-0.39, 0.29) is 22.2 Å². The molecule has 1 aromatic carbocycles. The van der Waals surface area contributed by atoms with Gasteiger partial charge < -0.3 is 15.3 Å². The molecule has 2 N–H and O–H groups in total. The van der Waals surface area contributed by atoms with Gasteiger partial charge in [-0.3, -0.25) is 4.79 Å². The lowest BCUT2D eigenvalue weighted by molar-refractivity contribution is -0.141. The molecule has 244 valence electrons. The molecule has 1 unspecified atom stereocenters. The first kappa shape index (κ1) is 34.4. The van der Waals surface area contributed by atoms with E-state index < -0.39 is 32.1 Å². The van der Waals surface area contributed by atoms with E-state index in [2.05, 4.69) is 26.1 Å². The van der Waals surface area contributed by atoms with Crippen LogP contribution in [-0.2, 0) is 24.8 Å². The molecule has 0 aliphatic carbocycles. The molecule has 1 atom stereocenters. The smallest absolute Gasteiger partial charge is 0.323 e. The van der Waals surface area contributed by atoms with Crippen molar-refractivity contribution in [1.29, 1.82) is 0 Å². The van der Waals surface area contributed by atoms with Crippen molar-refractivity contribution >= 4 is 82.2 Å². The first-order chi connectivity index (χ1) is 20.9. The van der Waals surface area contributed by atoms with E-state index in [0.717, 1.165) is 79.4 Å². The van der Waals surface area contributed by atoms with Gasteiger partial charge >= 0.3 is 5.97 Å². The van der Waals surface area contributed by atoms with E-state index in [1.54, 1.807) is 16.4 Å². The number of carboxylic acids is 1. The van der Waals surface area contributed by atoms with Crippen LogP contribution in [-0.4, -0.2) is 88.4 Å². The van der Waals surface area contributed by atoms with Gasteiger partial charge in [0.2, 0.25) is 10.0 Å². The second-order valence-electron chi connectivity index (χ2n) is 11.7. The summed E-state index contributed by atoms with van der Waals surface area (Å²) >= 11 is 17.0. The maximum Gasteiger partial charge on any atom is 0.323 e. The van der Waals surface area contributed by atoms with Crippen LogP contribution in [0.15, 0.2) is 37.8 Å². The van der Waals surface area contributed by atoms with Crippen LogP contribution >= 0.6 is 50.5 Å². The number of nitrogens with one attached hydrogen (secondary N) is 1. The Hall–Kier alpha value is -0.970. The first-order valence-corrected chi connectivity index (χ1v) is 20.1. The van der Waals surface area contributed by atoms with Crippen LogP contribution in [0.2, 0.25) is 9.36 Å². The van der Waals surface area contributed by atoms with Crippen LogP contribution in [0.5, 0.6) is 0 Å². The summed E-state index contributed by atoms with van der Waals surface area (Å²) in [6.07, 6.45) is 7.13. The number of anilines is 1. The van der Waals surface area contributed by atoms with E-state index in [1.165, 1.54) is 12.1 Å². The average molecular weight is 773 g/mol. The summed E-state index contributed by atoms with van der Waals surface area (Å²) in [4.78, 5) is 13.8. The van der Waals surface area contributed by atoms with Crippen LogP contribution in [0.25, 0.3) is 0 Å². The molecule has 3 fully saturated rings. The summed E-state index contributed by atoms with van der Waals surface area (Å²) in [5, 5.41) is 12.8. The molecule has 10 nitrogen and oxygen atoms in total. The summed E-state index contributed by atoms with van der Waals surface area (Å²) in [6, 6.07) is 5.11. The van der Waals surface area contributed by atoms with Crippen LogP contribution in [0.1, 0.15) is 44.9 Å². The van der Waals surface area contributed by atoms with Crippen LogP contribution in [0.4, 0.5) is 5.69 Å². The number of carbonyl (C=O) groups is 1. The number of rotatable bonds is 10. The minimum Gasteiger partial charge on any atom is -0.480 e. The Balaban J connectivity index is 1.07. The molecule has 0 amide bonds. The molecule has 3 saturated heterocycles. The number of piperazine rings is 1. The molecule has 5 rings (SSSR count). The number of benzene rings is 1. The molecule has 0 saturated carbocycles. The lowest BCUT2D eigenvalue weighted by Gasteiger charge is -2.35. The van der Waals surface area contributed by atoms with E-state index in [0.29, 0.717) is 45.3 Å². The second-order valence-corrected chi connectivity index (χ2v) is 18.7. The third-order valence-electron chi connectivity index (χ3n) is 8.98. The van der Waals surface area contributed by atoms with Crippen molar-refractivity contribution in [3.8, 4) is 0 Å². The fourth-order valence-corrected chi connectivity index (χ4v) is 12.3. The Bertz CT molecular complexity index is 1540. The standard InChI is InChI=1S/C28H37BrCl2N4O6S3/c29-22-17-26(42-27(22)31)44(40,41)34-13-8-20(9-14-34)3-1-2-19-6-11-33(12-7-19)24-5-4-21(16-23(24)30)43(38,39)35-15-10-32-18-25(35)28(36)37/h4-5,16-17,19-20,25,32H,1-3,6-15,18H2,(H,36,37). The fraction of sp³-hybridized carbons (Fsp3) is 0.607. The highest BCUT2D eigenvalue weighted by atomic mass is 79.9. The van der Waals surface area contributed by atoms with Crippen molar-refractivity contribution in [2.24, 2.45) is 11.8 Å².